The van der Waals surface area contributed by atoms with Gasteiger partial charge in [0.2, 0.25) is 11.7 Å². The second-order valence-electron chi connectivity index (χ2n) is 8.28. The van der Waals surface area contributed by atoms with E-state index in [4.69, 9.17) is 14.0 Å². The van der Waals surface area contributed by atoms with Crippen LogP contribution in [-0.2, 0) is 14.3 Å². The smallest absolute Gasteiger partial charge is 0.414 e. The maximum absolute atomic E-state index is 15.0. The fourth-order valence-electron chi connectivity index (χ4n) is 4.02. The number of amides is 4. The molecule has 3 heterocycles. The number of hydrogen-bond donors (Lipinski definition) is 2. The summed E-state index contributed by atoms with van der Waals surface area (Å²) in [4.78, 5) is 52.7. The lowest BCUT2D eigenvalue weighted by Crippen LogP contribution is -2.51. The SMILES string of the molecule is CCOC(=O)NC[C@H]1CN(c2ccc(N3CCN(C(=O)CNC(=O)c4ccno4)CC3)c(F)c2)C(=O)O1. The number of hydrogen-bond acceptors (Lipinski definition) is 9. The first-order chi connectivity index (χ1) is 17.9. The number of nitrogens with one attached hydrogen (secondary N) is 2. The van der Waals surface area contributed by atoms with Crippen molar-refractivity contribution in [3.05, 3.63) is 42.0 Å². The summed E-state index contributed by atoms with van der Waals surface area (Å²) < 4.78 is 29.8. The molecule has 14 heteroatoms. The zero-order valence-corrected chi connectivity index (χ0v) is 20.1. The van der Waals surface area contributed by atoms with Crippen LogP contribution in [0.15, 0.2) is 35.0 Å². The van der Waals surface area contributed by atoms with Crippen molar-refractivity contribution in [3.63, 3.8) is 0 Å². The number of rotatable bonds is 8. The molecular formula is C23H27FN6O7. The molecule has 0 aliphatic carbocycles. The number of halogens is 1. The molecule has 37 heavy (non-hydrogen) atoms. The zero-order valence-electron chi connectivity index (χ0n) is 20.1. The number of ether oxygens (including phenoxy) is 2. The third-order valence-corrected chi connectivity index (χ3v) is 5.90. The molecule has 1 aromatic carbocycles. The Labute approximate surface area is 211 Å². The fourth-order valence-corrected chi connectivity index (χ4v) is 4.02. The van der Waals surface area contributed by atoms with Crippen LogP contribution >= 0.6 is 0 Å². The summed E-state index contributed by atoms with van der Waals surface area (Å²) in [5, 5.41) is 8.44. The second-order valence-corrected chi connectivity index (χ2v) is 8.28. The summed E-state index contributed by atoms with van der Waals surface area (Å²) in [5.41, 5.74) is 0.684. The van der Waals surface area contributed by atoms with Crippen molar-refractivity contribution in [2.45, 2.75) is 13.0 Å². The summed E-state index contributed by atoms with van der Waals surface area (Å²) >= 11 is 0. The summed E-state index contributed by atoms with van der Waals surface area (Å²) in [7, 11) is 0. The van der Waals surface area contributed by atoms with Gasteiger partial charge in [-0.1, -0.05) is 5.16 Å². The standard InChI is InChI=1S/C23H27FN6O7/c1-2-35-22(33)26-12-16-14-30(23(34)36-16)15-3-4-18(17(24)11-15)28-7-9-29(10-8-28)20(31)13-25-21(32)19-5-6-27-37-19/h3-6,11,16H,2,7-10,12-14H2,1H3,(H,25,32)(H,26,33)/t16-/m0/s1. The number of cyclic esters (lactones) is 1. The van der Waals surface area contributed by atoms with Crippen LogP contribution in [0.1, 0.15) is 17.5 Å². The Hall–Kier alpha value is -4.36. The van der Waals surface area contributed by atoms with E-state index in [1.165, 1.54) is 23.2 Å². The minimum absolute atomic E-state index is 0.0163. The van der Waals surface area contributed by atoms with Crippen molar-refractivity contribution >= 4 is 35.4 Å². The largest absolute Gasteiger partial charge is 0.450 e. The van der Waals surface area contributed by atoms with Gasteiger partial charge in [-0.15, -0.1) is 0 Å². The monoisotopic (exact) mass is 518 g/mol. The molecule has 1 aromatic heterocycles. The van der Waals surface area contributed by atoms with Gasteiger partial charge in [0.15, 0.2) is 0 Å². The van der Waals surface area contributed by atoms with E-state index < -0.39 is 30.0 Å². The number of carbonyl (C=O) groups is 4. The minimum atomic E-state index is -0.634. The Balaban J connectivity index is 1.27. The first-order valence-electron chi connectivity index (χ1n) is 11.8. The number of aromatic nitrogens is 1. The van der Waals surface area contributed by atoms with E-state index in [1.807, 2.05) is 4.90 Å². The van der Waals surface area contributed by atoms with Crippen LogP contribution in [0.4, 0.5) is 25.4 Å². The normalized spacial score (nSPS) is 17.4. The van der Waals surface area contributed by atoms with Crippen molar-refractivity contribution in [2.24, 2.45) is 0 Å². The molecule has 2 fully saturated rings. The number of alkyl carbamates (subject to hydrolysis) is 1. The van der Waals surface area contributed by atoms with E-state index >= 15 is 4.39 Å². The lowest BCUT2D eigenvalue weighted by atomic mass is 10.2. The number of piperazine rings is 1. The molecule has 13 nitrogen and oxygen atoms in total. The van der Waals surface area contributed by atoms with Crippen LogP contribution in [0, 0.1) is 5.82 Å². The van der Waals surface area contributed by atoms with Gasteiger partial charge in [0, 0.05) is 32.2 Å². The van der Waals surface area contributed by atoms with Crippen molar-refractivity contribution in [3.8, 4) is 0 Å². The third kappa shape index (κ3) is 6.26. The minimum Gasteiger partial charge on any atom is -0.450 e. The van der Waals surface area contributed by atoms with Crippen LogP contribution in [-0.4, -0.2) is 92.6 Å². The Morgan fingerprint density at radius 2 is 1.95 bits per heavy atom. The highest BCUT2D eigenvalue weighted by atomic mass is 19.1. The average molecular weight is 519 g/mol. The number of benzene rings is 1. The van der Waals surface area contributed by atoms with Crippen LogP contribution in [0.25, 0.3) is 0 Å². The fraction of sp³-hybridized carbons (Fsp3) is 0.435. The predicted octanol–water partition coefficient (Wildman–Crippen LogP) is 0.964. The van der Waals surface area contributed by atoms with Crippen molar-refractivity contribution in [1.29, 1.82) is 0 Å². The molecule has 4 amide bonds. The zero-order chi connectivity index (χ0) is 26.4. The van der Waals surface area contributed by atoms with Crippen molar-refractivity contribution < 1.29 is 37.6 Å². The molecule has 0 saturated carbocycles. The molecule has 2 saturated heterocycles. The van der Waals surface area contributed by atoms with E-state index in [0.29, 0.717) is 37.6 Å². The van der Waals surface area contributed by atoms with Crippen molar-refractivity contribution in [2.75, 3.05) is 62.2 Å². The van der Waals surface area contributed by atoms with Gasteiger partial charge in [-0.3, -0.25) is 14.5 Å². The van der Waals surface area contributed by atoms with E-state index in [1.54, 1.807) is 24.0 Å². The molecule has 2 N–H and O–H groups in total. The Bertz CT molecular complexity index is 1140. The van der Waals surface area contributed by atoms with E-state index in [2.05, 4.69) is 15.8 Å². The molecule has 0 bridgehead atoms. The van der Waals surface area contributed by atoms with E-state index in [0.717, 1.165) is 0 Å². The molecule has 2 aliphatic heterocycles. The number of carbonyl (C=O) groups excluding carboxylic acids is 4. The Kier molecular flexibility index (Phi) is 8.05. The van der Waals surface area contributed by atoms with Gasteiger partial charge in [0.05, 0.1) is 43.8 Å². The average Bonchev–Trinajstić information content (AvgIpc) is 3.56. The quantitative estimate of drug-likeness (QED) is 0.522. The molecule has 1 atom stereocenters. The van der Waals surface area contributed by atoms with E-state index in [9.17, 15) is 19.2 Å². The second kappa shape index (κ2) is 11.6. The predicted molar refractivity (Wildman–Crippen MR) is 127 cm³/mol. The van der Waals surface area contributed by atoms with Gasteiger partial charge in [0.25, 0.3) is 5.91 Å². The van der Waals surface area contributed by atoms with Gasteiger partial charge in [-0.25, -0.2) is 14.0 Å². The van der Waals surface area contributed by atoms with Crippen LogP contribution < -0.4 is 20.4 Å². The van der Waals surface area contributed by atoms with Gasteiger partial charge >= 0.3 is 12.2 Å². The van der Waals surface area contributed by atoms with Crippen LogP contribution in [0.3, 0.4) is 0 Å². The summed E-state index contributed by atoms with van der Waals surface area (Å²) in [5.74, 6) is -1.29. The van der Waals surface area contributed by atoms with Crippen LogP contribution in [0.5, 0.6) is 0 Å². The third-order valence-electron chi connectivity index (χ3n) is 5.90. The number of anilines is 2. The highest BCUT2D eigenvalue weighted by Crippen LogP contribution is 2.28. The first kappa shape index (κ1) is 25.7. The highest BCUT2D eigenvalue weighted by molar-refractivity contribution is 5.94. The lowest BCUT2D eigenvalue weighted by Gasteiger charge is -2.36. The van der Waals surface area contributed by atoms with Crippen LogP contribution in [0.2, 0.25) is 0 Å². The summed E-state index contributed by atoms with van der Waals surface area (Å²) in [6.45, 7) is 3.44. The van der Waals surface area contributed by atoms with Gasteiger partial charge in [-0.05, 0) is 25.1 Å². The highest BCUT2D eigenvalue weighted by Gasteiger charge is 2.33. The molecule has 4 rings (SSSR count). The molecule has 0 unspecified atom stereocenters. The molecule has 0 radical (unpaired) electrons. The van der Waals surface area contributed by atoms with Gasteiger partial charge < -0.3 is 34.4 Å². The van der Waals surface area contributed by atoms with Gasteiger partial charge in [-0.2, -0.15) is 0 Å². The number of nitrogens with zero attached hydrogens (tertiary/aromatic N) is 4. The molecule has 0 spiro atoms. The Morgan fingerprint density at radius 1 is 1.16 bits per heavy atom. The molecule has 2 aliphatic rings. The topological polar surface area (TPSA) is 147 Å². The first-order valence-corrected chi connectivity index (χ1v) is 11.8. The molecule has 198 valence electrons. The lowest BCUT2D eigenvalue weighted by molar-refractivity contribution is -0.130. The maximum Gasteiger partial charge on any atom is 0.414 e. The summed E-state index contributed by atoms with van der Waals surface area (Å²) in [6, 6.07) is 5.86. The molecule has 2 aromatic rings. The van der Waals surface area contributed by atoms with Crippen molar-refractivity contribution in [1.82, 2.24) is 20.7 Å². The van der Waals surface area contributed by atoms with Gasteiger partial charge in [0.1, 0.15) is 11.9 Å². The molecular weight excluding hydrogens is 491 g/mol. The van der Waals surface area contributed by atoms with E-state index in [-0.39, 0.29) is 37.9 Å². The Morgan fingerprint density at radius 3 is 2.62 bits per heavy atom. The maximum atomic E-state index is 15.0. The summed E-state index contributed by atoms with van der Waals surface area (Å²) in [6.07, 6.45) is -0.497.